The average Bonchev–Trinajstić information content (AvgIpc) is 2.37. The maximum absolute atomic E-state index is 3.82. The van der Waals surface area contributed by atoms with Crippen molar-refractivity contribution >= 4 is 0 Å². The summed E-state index contributed by atoms with van der Waals surface area (Å²) in [6.45, 7) is 16.6. The Hall–Kier alpha value is -0.120. The number of hydrogen-bond donors (Lipinski definition) is 1. The number of nitrogens with one attached hydrogen (secondary N) is 1. The quantitative estimate of drug-likeness (QED) is 0.858. The molecule has 2 fully saturated rings. The number of rotatable bonds is 3. The van der Waals surface area contributed by atoms with Crippen molar-refractivity contribution < 1.29 is 0 Å². The van der Waals surface area contributed by atoms with E-state index in [1.807, 2.05) is 0 Å². The van der Waals surface area contributed by atoms with Crippen LogP contribution in [0, 0.1) is 0 Å². The van der Waals surface area contributed by atoms with Crippen LogP contribution in [0.15, 0.2) is 0 Å². The molecule has 3 nitrogen and oxygen atoms in total. The lowest BCUT2D eigenvalue weighted by Gasteiger charge is -2.44. The van der Waals surface area contributed by atoms with Gasteiger partial charge in [0.15, 0.2) is 0 Å². The van der Waals surface area contributed by atoms with E-state index in [1.54, 1.807) is 0 Å². The van der Waals surface area contributed by atoms with Crippen LogP contribution in [0.4, 0.5) is 0 Å². The van der Waals surface area contributed by atoms with E-state index in [2.05, 4.69) is 49.7 Å². The third kappa shape index (κ3) is 4.71. The van der Waals surface area contributed by atoms with Gasteiger partial charge in [0, 0.05) is 49.8 Å². The minimum absolute atomic E-state index is 0.253. The van der Waals surface area contributed by atoms with Crippen molar-refractivity contribution in [3.63, 3.8) is 0 Å². The van der Waals surface area contributed by atoms with E-state index in [-0.39, 0.29) is 5.54 Å². The van der Waals surface area contributed by atoms with Crippen molar-refractivity contribution in [1.82, 2.24) is 15.1 Å². The lowest BCUT2D eigenvalue weighted by atomic mass is 9.88. The highest BCUT2D eigenvalue weighted by molar-refractivity contribution is 4.89. The van der Waals surface area contributed by atoms with E-state index < -0.39 is 0 Å². The Labute approximate surface area is 126 Å². The molecule has 2 rings (SSSR count). The fourth-order valence-corrected chi connectivity index (χ4v) is 3.86. The summed E-state index contributed by atoms with van der Waals surface area (Å²) in [5.41, 5.74) is 0.253. The number of nitrogens with zero attached hydrogens (tertiary/aromatic N) is 2. The zero-order chi connectivity index (χ0) is 14.8. The zero-order valence-electron chi connectivity index (χ0n) is 14.3. The molecule has 118 valence electrons. The zero-order valence-corrected chi connectivity index (χ0v) is 14.3. The molecule has 0 aromatic rings. The molecule has 1 heterocycles. The first-order chi connectivity index (χ1) is 9.35. The van der Waals surface area contributed by atoms with E-state index in [4.69, 9.17) is 0 Å². The fraction of sp³-hybridized carbons (Fsp3) is 1.00. The minimum Gasteiger partial charge on any atom is -0.309 e. The van der Waals surface area contributed by atoms with E-state index in [1.165, 1.54) is 51.9 Å². The van der Waals surface area contributed by atoms with Crippen molar-refractivity contribution in [2.75, 3.05) is 26.2 Å². The summed E-state index contributed by atoms with van der Waals surface area (Å²) in [7, 11) is 0. The fourth-order valence-electron chi connectivity index (χ4n) is 3.86. The van der Waals surface area contributed by atoms with Gasteiger partial charge in [-0.2, -0.15) is 0 Å². The Morgan fingerprint density at radius 3 is 2.20 bits per heavy atom. The van der Waals surface area contributed by atoms with Crippen LogP contribution in [0.1, 0.15) is 60.3 Å². The lowest BCUT2D eigenvalue weighted by molar-refractivity contribution is 0.0563. The van der Waals surface area contributed by atoms with Crippen LogP contribution in [0.25, 0.3) is 0 Å². The largest absolute Gasteiger partial charge is 0.309 e. The summed E-state index contributed by atoms with van der Waals surface area (Å²) in [5.74, 6) is 0. The Morgan fingerprint density at radius 1 is 1.00 bits per heavy atom. The third-order valence-corrected chi connectivity index (χ3v) is 4.88. The first-order valence-electron chi connectivity index (χ1n) is 8.61. The van der Waals surface area contributed by atoms with E-state index >= 15 is 0 Å². The molecule has 0 aromatic carbocycles. The molecule has 1 N–H and O–H groups in total. The summed E-state index contributed by atoms with van der Waals surface area (Å²) in [6, 6.07) is 2.24. The van der Waals surface area contributed by atoms with Gasteiger partial charge in [0.1, 0.15) is 0 Å². The molecule has 0 radical (unpaired) electrons. The molecule has 0 spiro atoms. The smallest absolute Gasteiger partial charge is 0.0113 e. The highest BCUT2D eigenvalue weighted by atomic mass is 15.3. The Balaban J connectivity index is 1.81. The van der Waals surface area contributed by atoms with Gasteiger partial charge in [0.25, 0.3) is 0 Å². The van der Waals surface area contributed by atoms with Gasteiger partial charge in [-0.05, 0) is 53.9 Å². The lowest BCUT2D eigenvalue weighted by Crippen LogP contribution is -2.55. The van der Waals surface area contributed by atoms with E-state index in [9.17, 15) is 0 Å². The van der Waals surface area contributed by atoms with Crippen molar-refractivity contribution in [3.8, 4) is 0 Å². The number of hydrogen-bond acceptors (Lipinski definition) is 3. The molecule has 20 heavy (non-hydrogen) atoms. The van der Waals surface area contributed by atoms with Crippen LogP contribution in [0.2, 0.25) is 0 Å². The van der Waals surface area contributed by atoms with Crippen LogP contribution in [0.3, 0.4) is 0 Å². The molecule has 0 unspecified atom stereocenters. The topological polar surface area (TPSA) is 18.5 Å². The van der Waals surface area contributed by atoms with Gasteiger partial charge in [-0.25, -0.2) is 0 Å². The first kappa shape index (κ1) is 16.3. The molecular weight excluding hydrogens is 246 g/mol. The minimum atomic E-state index is 0.253. The molecule has 1 aliphatic carbocycles. The van der Waals surface area contributed by atoms with Gasteiger partial charge in [0.2, 0.25) is 0 Å². The van der Waals surface area contributed by atoms with E-state index in [0.717, 1.165) is 12.1 Å². The van der Waals surface area contributed by atoms with Crippen LogP contribution >= 0.6 is 0 Å². The van der Waals surface area contributed by atoms with Crippen molar-refractivity contribution in [3.05, 3.63) is 0 Å². The Bertz CT molecular complexity index is 287. The van der Waals surface area contributed by atoms with Gasteiger partial charge in [0.05, 0.1) is 0 Å². The van der Waals surface area contributed by atoms with Gasteiger partial charge in [-0.3, -0.25) is 9.80 Å². The van der Waals surface area contributed by atoms with Crippen LogP contribution in [0.5, 0.6) is 0 Å². The van der Waals surface area contributed by atoms with Crippen LogP contribution < -0.4 is 5.32 Å². The molecular formula is C17H35N3. The van der Waals surface area contributed by atoms with Crippen LogP contribution in [-0.4, -0.2) is 59.6 Å². The molecule has 2 aliphatic rings. The second-order valence-electron chi connectivity index (χ2n) is 8.08. The average molecular weight is 281 g/mol. The van der Waals surface area contributed by atoms with Crippen molar-refractivity contribution in [2.45, 2.75) is 84.0 Å². The monoisotopic (exact) mass is 281 g/mol. The molecule has 1 saturated carbocycles. The summed E-state index contributed by atoms with van der Waals surface area (Å²) in [4.78, 5) is 5.37. The van der Waals surface area contributed by atoms with Crippen LogP contribution in [-0.2, 0) is 0 Å². The Morgan fingerprint density at radius 2 is 1.65 bits per heavy atom. The van der Waals surface area contributed by atoms with Crippen molar-refractivity contribution in [1.29, 1.82) is 0 Å². The Kier molecular flexibility index (Phi) is 5.49. The van der Waals surface area contributed by atoms with Gasteiger partial charge >= 0.3 is 0 Å². The van der Waals surface area contributed by atoms with Gasteiger partial charge < -0.3 is 5.32 Å². The molecule has 1 saturated heterocycles. The molecule has 2 atom stereocenters. The number of piperazine rings is 1. The highest BCUT2D eigenvalue weighted by Crippen LogP contribution is 2.25. The normalized spacial score (nSPS) is 30.9. The molecule has 0 amide bonds. The summed E-state index contributed by atoms with van der Waals surface area (Å²) >= 11 is 0. The van der Waals surface area contributed by atoms with Crippen molar-refractivity contribution in [2.24, 2.45) is 0 Å². The maximum Gasteiger partial charge on any atom is 0.0113 e. The maximum atomic E-state index is 3.82. The summed E-state index contributed by atoms with van der Waals surface area (Å²) in [6.07, 6.45) is 5.51. The van der Waals surface area contributed by atoms with E-state index in [0.29, 0.717) is 6.04 Å². The molecule has 0 aromatic heterocycles. The SMILES string of the molecule is CC(C)N1CCN([C@H]2CCC[C@H](NC(C)(C)C)C2)CC1. The highest BCUT2D eigenvalue weighted by Gasteiger charge is 2.30. The second kappa shape index (κ2) is 6.76. The first-order valence-corrected chi connectivity index (χ1v) is 8.61. The molecule has 1 aliphatic heterocycles. The van der Waals surface area contributed by atoms with Gasteiger partial charge in [-0.1, -0.05) is 6.42 Å². The molecule has 3 heteroatoms. The summed E-state index contributed by atoms with van der Waals surface area (Å²) in [5, 5.41) is 3.82. The predicted molar refractivity (Wildman–Crippen MR) is 87.2 cm³/mol. The summed E-state index contributed by atoms with van der Waals surface area (Å²) < 4.78 is 0. The second-order valence-corrected chi connectivity index (χ2v) is 8.08. The molecule has 0 bridgehead atoms. The predicted octanol–water partition coefficient (Wildman–Crippen LogP) is 2.71. The van der Waals surface area contributed by atoms with Gasteiger partial charge in [-0.15, -0.1) is 0 Å². The third-order valence-electron chi connectivity index (χ3n) is 4.88. The standard InChI is InChI=1S/C17H35N3/c1-14(2)19-9-11-20(12-10-19)16-8-6-7-15(13-16)18-17(3,4)5/h14-16,18H,6-13H2,1-5H3/t15-,16-/m0/s1.